The molecule has 112 valence electrons. The van der Waals surface area contributed by atoms with Gasteiger partial charge in [0.1, 0.15) is 0 Å². The summed E-state index contributed by atoms with van der Waals surface area (Å²) in [6.45, 7) is 4.44. The largest absolute Gasteiger partial charge is 0.481 e. The summed E-state index contributed by atoms with van der Waals surface area (Å²) in [6, 6.07) is 0. The Morgan fingerprint density at radius 1 is 1.42 bits per heavy atom. The number of nitrogens with zero attached hydrogens (tertiary/aromatic N) is 2. The van der Waals surface area contributed by atoms with Crippen molar-refractivity contribution >= 4 is 16.2 Å². The van der Waals surface area contributed by atoms with Crippen LogP contribution in [0.2, 0.25) is 0 Å². The van der Waals surface area contributed by atoms with Crippen LogP contribution in [0.4, 0.5) is 0 Å². The first-order valence-electron chi connectivity index (χ1n) is 6.53. The second-order valence-electron chi connectivity index (χ2n) is 4.81. The molecule has 0 saturated carbocycles. The Morgan fingerprint density at radius 2 is 2.00 bits per heavy atom. The second kappa shape index (κ2) is 7.18. The van der Waals surface area contributed by atoms with Gasteiger partial charge in [-0.25, -0.2) is 4.72 Å². The van der Waals surface area contributed by atoms with E-state index in [0.717, 1.165) is 6.54 Å². The summed E-state index contributed by atoms with van der Waals surface area (Å²) in [7, 11) is -1.55. The Labute approximate surface area is 114 Å². The number of piperidine rings is 1. The number of aliphatic carboxylic acids is 1. The zero-order chi connectivity index (χ0) is 14.5. The number of carbonyl (C=O) groups is 1. The van der Waals surface area contributed by atoms with Crippen molar-refractivity contribution in [2.24, 2.45) is 5.92 Å². The van der Waals surface area contributed by atoms with Gasteiger partial charge in [0, 0.05) is 26.2 Å². The Balaban J connectivity index is 2.40. The van der Waals surface area contributed by atoms with Gasteiger partial charge in [-0.1, -0.05) is 6.92 Å². The normalized spacial score (nSPS) is 18.9. The molecule has 1 aliphatic rings. The van der Waals surface area contributed by atoms with Gasteiger partial charge < -0.3 is 10.0 Å². The van der Waals surface area contributed by atoms with Crippen LogP contribution in [-0.2, 0) is 15.0 Å². The molecule has 0 amide bonds. The van der Waals surface area contributed by atoms with Crippen molar-refractivity contribution in [2.45, 2.75) is 19.8 Å². The summed E-state index contributed by atoms with van der Waals surface area (Å²) >= 11 is 0. The highest BCUT2D eigenvalue weighted by molar-refractivity contribution is 7.87. The van der Waals surface area contributed by atoms with Crippen LogP contribution in [0.15, 0.2) is 0 Å². The van der Waals surface area contributed by atoms with Gasteiger partial charge in [-0.2, -0.15) is 12.7 Å². The minimum atomic E-state index is -3.47. The SMILES string of the molecule is CCN(C)CCNS(=O)(=O)N1CCC(C(=O)O)CC1. The van der Waals surface area contributed by atoms with Gasteiger partial charge in [-0.05, 0) is 26.4 Å². The van der Waals surface area contributed by atoms with E-state index in [0.29, 0.717) is 25.9 Å². The number of carboxylic acids is 1. The maximum Gasteiger partial charge on any atom is 0.306 e. The molecule has 1 rings (SSSR count). The first-order valence-corrected chi connectivity index (χ1v) is 7.97. The van der Waals surface area contributed by atoms with Crippen LogP contribution in [0, 0.1) is 5.92 Å². The first kappa shape index (κ1) is 16.4. The molecule has 0 radical (unpaired) electrons. The van der Waals surface area contributed by atoms with Gasteiger partial charge in [0.05, 0.1) is 5.92 Å². The van der Waals surface area contributed by atoms with E-state index in [1.807, 2.05) is 18.9 Å². The monoisotopic (exact) mass is 293 g/mol. The molecule has 0 aliphatic carbocycles. The minimum Gasteiger partial charge on any atom is -0.481 e. The van der Waals surface area contributed by atoms with Gasteiger partial charge in [-0.15, -0.1) is 0 Å². The minimum absolute atomic E-state index is 0.274. The maximum atomic E-state index is 12.0. The molecule has 0 aromatic rings. The Morgan fingerprint density at radius 3 is 2.47 bits per heavy atom. The van der Waals surface area contributed by atoms with E-state index in [4.69, 9.17) is 5.11 Å². The lowest BCUT2D eigenvalue weighted by Gasteiger charge is -2.29. The lowest BCUT2D eigenvalue weighted by Crippen LogP contribution is -2.47. The van der Waals surface area contributed by atoms with E-state index in [1.54, 1.807) is 0 Å². The lowest BCUT2D eigenvalue weighted by atomic mass is 9.99. The van der Waals surface area contributed by atoms with Gasteiger partial charge in [0.2, 0.25) is 0 Å². The molecule has 1 saturated heterocycles. The average molecular weight is 293 g/mol. The molecule has 0 unspecified atom stereocenters. The zero-order valence-corrected chi connectivity index (χ0v) is 12.3. The van der Waals surface area contributed by atoms with Crippen molar-refractivity contribution in [1.82, 2.24) is 13.9 Å². The Hall–Kier alpha value is -0.700. The quantitative estimate of drug-likeness (QED) is 0.665. The summed E-state index contributed by atoms with van der Waals surface area (Å²) < 4.78 is 27.8. The van der Waals surface area contributed by atoms with Crippen LogP contribution < -0.4 is 4.72 Å². The third kappa shape index (κ3) is 5.06. The van der Waals surface area contributed by atoms with Crippen LogP contribution in [0.1, 0.15) is 19.8 Å². The van der Waals surface area contributed by atoms with Crippen molar-refractivity contribution in [2.75, 3.05) is 39.8 Å². The number of carboxylic acid groups (broad SMARTS) is 1. The van der Waals surface area contributed by atoms with Crippen molar-refractivity contribution in [3.05, 3.63) is 0 Å². The summed E-state index contributed by atoms with van der Waals surface area (Å²) in [5, 5.41) is 8.87. The molecule has 0 bridgehead atoms. The molecule has 2 N–H and O–H groups in total. The molecular formula is C11H23N3O4S. The molecular weight excluding hydrogens is 270 g/mol. The summed E-state index contributed by atoms with van der Waals surface area (Å²) in [6.07, 6.45) is 0.760. The number of hydrogen-bond acceptors (Lipinski definition) is 4. The van der Waals surface area contributed by atoms with Gasteiger partial charge in [0.15, 0.2) is 0 Å². The van der Waals surface area contributed by atoms with E-state index in [2.05, 4.69) is 4.72 Å². The predicted molar refractivity (Wildman–Crippen MR) is 72.0 cm³/mol. The third-order valence-electron chi connectivity index (χ3n) is 3.46. The molecule has 1 heterocycles. The average Bonchev–Trinajstić information content (AvgIpc) is 2.38. The number of nitrogens with one attached hydrogen (secondary N) is 1. The fourth-order valence-corrected chi connectivity index (χ4v) is 3.18. The van der Waals surface area contributed by atoms with Crippen LogP contribution in [0.25, 0.3) is 0 Å². The summed E-state index contributed by atoms with van der Waals surface area (Å²) in [5.41, 5.74) is 0. The standard InChI is InChI=1S/C11H23N3O4S/c1-3-13(2)9-6-12-19(17,18)14-7-4-10(5-8-14)11(15)16/h10,12H,3-9H2,1-2H3,(H,15,16). The predicted octanol–water partition coefficient (Wildman–Crippen LogP) is -0.431. The molecule has 19 heavy (non-hydrogen) atoms. The number of rotatable bonds is 7. The third-order valence-corrected chi connectivity index (χ3v) is 5.07. The topological polar surface area (TPSA) is 90.0 Å². The van der Waals surface area contributed by atoms with Crippen molar-refractivity contribution < 1.29 is 18.3 Å². The maximum absolute atomic E-state index is 12.0. The molecule has 0 spiro atoms. The van der Waals surface area contributed by atoms with Crippen LogP contribution in [-0.4, -0.2) is 68.5 Å². The van der Waals surface area contributed by atoms with E-state index < -0.39 is 22.1 Å². The molecule has 1 aliphatic heterocycles. The number of likely N-dealkylation sites (N-methyl/N-ethyl adjacent to an activating group) is 1. The highest BCUT2D eigenvalue weighted by Gasteiger charge is 2.30. The second-order valence-corrected chi connectivity index (χ2v) is 6.56. The van der Waals surface area contributed by atoms with E-state index in [-0.39, 0.29) is 13.1 Å². The highest BCUT2D eigenvalue weighted by Crippen LogP contribution is 2.18. The molecule has 7 nitrogen and oxygen atoms in total. The van der Waals surface area contributed by atoms with E-state index in [1.165, 1.54) is 4.31 Å². The van der Waals surface area contributed by atoms with Crippen molar-refractivity contribution in [3.8, 4) is 0 Å². The fourth-order valence-electron chi connectivity index (χ4n) is 1.96. The van der Waals surface area contributed by atoms with Crippen molar-refractivity contribution in [3.63, 3.8) is 0 Å². The lowest BCUT2D eigenvalue weighted by molar-refractivity contribution is -0.142. The van der Waals surface area contributed by atoms with Gasteiger partial charge >= 0.3 is 5.97 Å². The van der Waals surface area contributed by atoms with E-state index in [9.17, 15) is 13.2 Å². The van der Waals surface area contributed by atoms with Crippen LogP contribution in [0.3, 0.4) is 0 Å². The highest BCUT2D eigenvalue weighted by atomic mass is 32.2. The first-order chi connectivity index (χ1) is 8.86. The number of hydrogen-bond donors (Lipinski definition) is 2. The smallest absolute Gasteiger partial charge is 0.306 e. The van der Waals surface area contributed by atoms with Gasteiger partial charge in [-0.3, -0.25) is 4.79 Å². The summed E-state index contributed by atoms with van der Waals surface area (Å²) in [5.74, 6) is -1.26. The Kier molecular flexibility index (Phi) is 6.18. The molecule has 0 aromatic heterocycles. The van der Waals surface area contributed by atoms with Gasteiger partial charge in [0.25, 0.3) is 10.2 Å². The molecule has 0 aromatic carbocycles. The Bertz CT molecular complexity index is 391. The van der Waals surface area contributed by atoms with Crippen molar-refractivity contribution in [1.29, 1.82) is 0 Å². The van der Waals surface area contributed by atoms with Crippen LogP contribution in [0.5, 0.6) is 0 Å². The summed E-state index contributed by atoms with van der Waals surface area (Å²) in [4.78, 5) is 12.8. The molecule has 8 heteroatoms. The van der Waals surface area contributed by atoms with E-state index >= 15 is 0 Å². The van der Waals surface area contributed by atoms with Crippen LogP contribution >= 0.6 is 0 Å². The molecule has 1 fully saturated rings. The molecule has 0 atom stereocenters. The fraction of sp³-hybridized carbons (Fsp3) is 0.909. The zero-order valence-electron chi connectivity index (χ0n) is 11.5.